The molecule has 484 valence electrons. The van der Waals surface area contributed by atoms with Gasteiger partial charge in [0.2, 0.25) is 59.1 Å². The molecule has 0 saturated carbocycles. The molecule has 30 nitrogen and oxygen atoms in total. The van der Waals surface area contributed by atoms with Crippen LogP contribution in [0.25, 0.3) is 0 Å². The molecule has 0 aliphatic carbocycles. The number of nitrogens with zero attached hydrogens (tertiary/aromatic N) is 1. The number of phenolic OH excluding ortho intramolecular Hbond substituents is 2. The van der Waals surface area contributed by atoms with Crippen molar-refractivity contribution in [2.75, 3.05) is 49.2 Å². The van der Waals surface area contributed by atoms with Gasteiger partial charge >= 0.3 is 5.97 Å². The average molecular weight is 1280 g/mol. The second-order valence-electron chi connectivity index (χ2n) is 20.1. The van der Waals surface area contributed by atoms with Crippen molar-refractivity contribution >= 4 is 106 Å². The van der Waals surface area contributed by atoms with E-state index in [1.54, 1.807) is 6.26 Å². The minimum atomic E-state index is -1.88. The van der Waals surface area contributed by atoms with E-state index in [-0.39, 0.29) is 62.5 Å². The molecule has 22 N–H and O–H groups in total. The number of aliphatic hydroxyl groups is 2. The molecular weight excluding hydrogens is 1200 g/mol. The zero-order valence-electron chi connectivity index (χ0n) is 49.1. The summed E-state index contributed by atoms with van der Waals surface area (Å²) in [5, 5.41) is 73.1. The highest BCUT2D eigenvalue weighted by molar-refractivity contribution is 7.99. The molecule has 10 amide bonds. The summed E-state index contributed by atoms with van der Waals surface area (Å²) >= 11 is 4.28. The molecule has 0 heterocycles. The lowest BCUT2D eigenvalue weighted by Crippen LogP contribution is -2.62. The number of nitrogens with one attached hydrogen (secondary N) is 9. The minimum Gasteiger partial charge on any atom is -0.508 e. The number of aliphatic imine (C=N–C) groups is 1. The maximum Gasteiger partial charge on any atom is 0.326 e. The highest BCUT2D eigenvalue weighted by Crippen LogP contribution is 2.15. The summed E-state index contributed by atoms with van der Waals surface area (Å²) in [4.78, 5) is 152. The van der Waals surface area contributed by atoms with Gasteiger partial charge in [-0.3, -0.25) is 52.9 Å². The summed E-state index contributed by atoms with van der Waals surface area (Å²) < 4.78 is 0. The number of rotatable bonds is 41. The van der Waals surface area contributed by atoms with Gasteiger partial charge in [-0.05, 0) is 124 Å². The Labute approximate surface area is 516 Å². The van der Waals surface area contributed by atoms with Gasteiger partial charge in [0, 0.05) is 25.8 Å². The van der Waals surface area contributed by atoms with Crippen LogP contribution < -0.4 is 70.8 Å². The molecule has 0 fully saturated rings. The Balaban J connectivity index is 2.44. The van der Waals surface area contributed by atoms with E-state index in [0.29, 0.717) is 34.8 Å². The van der Waals surface area contributed by atoms with Gasteiger partial charge in [0.05, 0.1) is 18.8 Å². The predicted molar refractivity (Wildman–Crippen MR) is 328 cm³/mol. The minimum absolute atomic E-state index is 0.0383. The zero-order valence-corrected chi connectivity index (χ0v) is 51.5. The molecule has 0 radical (unpaired) electrons. The second-order valence-corrected chi connectivity index (χ2v) is 23.0. The van der Waals surface area contributed by atoms with Gasteiger partial charge in [-0.1, -0.05) is 24.3 Å². The molecule has 0 spiro atoms. The van der Waals surface area contributed by atoms with Crippen molar-refractivity contribution in [2.24, 2.45) is 27.9 Å². The van der Waals surface area contributed by atoms with Crippen molar-refractivity contribution in [1.82, 2.24) is 47.9 Å². The third kappa shape index (κ3) is 28.6. The van der Waals surface area contributed by atoms with Crippen LogP contribution in [0.3, 0.4) is 0 Å². The summed E-state index contributed by atoms with van der Waals surface area (Å²) in [5.74, 6) is -10.0. The number of thioether (sulfide) groups is 3. The van der Waals surface area contributed by atoms with Crippen molar-refractivity contribution < 1.29 is 78.3 Å². The van der Waals surface area contributed by atoms with Crippen molar-refractivity contribution in [1.29, 1.82) is 0 Å². The molecule has 2 rings (SSSR count). The number of carboxylic acids is 1. The Morgan fingerprint density at radius 1 is 0.494 bits per heavy atom. The predicted octanol–water partition coefficient (Wildman–Crippen LogP) is -4.37. The van der Waals surface area contributed by atoms with Gasteiger partial charge in [-0.25, -0.2) is 4.79 Å². The van der Waals surface area contributed by atoms with Crippen LogP contribution in [0, 0.1) is 0 Å². The Bertz CT molecular complexity index is 2640. The monoisotopic (exact) mass is 1280 g/mol. The molecule has 11 atom stereocenters. The van der Waals surface area contributed by atoms with Crippen LogP contribution in [0.1, 0.15) is 69.9 Å². The third-order valence-corrected chi connectivity index (χ3v) is 14.9. The Hall–Kier alpha value is -7.59. The largest absolute Gasteiger partial charge is 0.508 e. The van der Waals surface area contributed by atoms with Crippen LogP contribution >= 0.6 is 35.3 Å². The normalized spacial score (nSPS) is 14.8. The molecule has 87 heavy (non-hydrogen) atoms. The number of carbonyl (C=O) groups excluding carboxylic acids is 10. The number of nitrogens with two attached hydrogens (primary N) is 4. The van der Waals surface area contributed by atoms with Gasteiger partial charge in [-0.15, -0.1) is 0 Å². The van der Waals surface area contributed by atoms with Gasteiger partial charge in [0.15, 0.2) is 5.96 Å². The first-order valence-corrected chi connectivity index (χ1v) is 31.7. The fraction of sp³-hybridized carbons (Fsp3) is 0.556. The van der Waals surface area contributed by atoms with Crippen LogP contribution in [-0.4, -0.2) is 212 Å². The number of carbonyl (C=O) groups is 11. The number of aromatic hydroxyl groups is 2. The van der Waals surface area contributed by atoms with Crippen molar-refractivity contribution in [3.05, 3.63) is 59.7 Å². The summed E-state index contributed by atoms with van der Waals surface area (Å²) in [7, 11) is 0. The zero-order chi connectivity index (χ0) is 65.3. The van der Waals surface area contributed by atoms with Crippen LogP contribution in [0.5, 0.6) is 11.5 Å². The standard InChI is InChI=1S/C54H84N14O16S3/c1-28(60-51(81)41(27-69)67-48(78)37(20-24-87-5)63-47(77)36(19-23-86-4)62-45(75)34(55)18-22-85-3)44(74)61-35(7-6-21-59-54(57)58)46(76)65-40(26-31-10-14-33(72)15-11-31)50(80)68-43(29(2)70)52(82)66-39(25-30-8-12-32(71)13-9-30)49(79)64-38(53(83)84)16-17-42(56)73/h8-15,28-29,34-41,43,69-72H,6-7,16-27,55H2,1-5H3,(H2,56,73)(H,60,81)(H,61,74)(H,62,75)(H,63,77)(H,64,79)(H,65,76)(H,66,82)(H,67,78)(H,68,80)(H,83,84)(H4,57,58,59)/t28-,29+,34-,35-,36-,37-,38-,39-,40-,41-,43-/m0/s1. The molecular formula is C54H84N14O16S3. The van der Waals surface area contributed by atoms with Crippen LogP contribution in [0.2, 0.25) is 0 Å². The van der Waals surface area contributed by atoms with E-state index in [1.165, 1.54) is 90.7 Å². The Kier molecular flexibility index (Phi) is 34.7. The summed E-state index contributed by atoms with van der Waals surface area (Å²) in [5.41, 5.74) is 23.0. The van der Waals surface area contributed by atoms with Gasteiger partial charge in [-0.2, -0.15) is 35.3 Å². The van der Waals surface area contributed by atoms with Crippen molar-refractivity contribution in [3.8, 4) is 11.5 Å². The van der Waals surface area contributed by atoms with Crippen LogP contribution in [-0.2, 0) is 65.6 Å². The van der Waals surface area contributed by atoms with E-state index < -0.39 is 151 Å². The van der Waals surface area contributed by atoms with Crippen molar-refractivity contribution in [2.45, 2.75) is 138 Å². The molecule has 0 bridgehead atoms. The number of benzene rings is 2. The fourth-order valence-corrected chi connectivity index (χ4v) is 9.45. The number of hydrogen-bond acceptors (Lipinski definition) is 20. The molecule has 0 aromatic heterocycles. The molecule has 0 aliphatic rings. The summed E-state index contributed by atoms with van der Waals surface area (Å²) in [6, 6.07) is -3.88. The first kappa shape index (κ1) is 75.5. The average Bonchev–Trinajstić information content (AvgIpc) is 3.17. The Morgan fingerprint density at radius 2 is 0.885 bits per heavy atom. The van der Waals surface area contributed by atoms with E-state index >= 15 is 0 Å². The second kappa shape index (κ2) is 40.0. The first-order chi connectivity index (χ1) is 41.1. The quantitative estimate of drug-likeness (QED) is 0.0170. The topological polar surface area (TPSA) is 514 Å². The number of amides is 10. The number of aliphatic hydroxyl groups excluding tert-OH is 2. The lowest BCUT2D eigenvalue weighted by molar-refractivity contribution is -0.142. The Morgan fingerprint density at radius 3 is 1.33 bits per heavy atom. The first-order valence-electron chi connectivity index (χ1n) is 27.5. The van der Waals surface area contributed by atoms with Gasteiger partial charge in [0.1, 0.15) is 65.9 Å². The summed E-state index contributed by atoms with van der Waals surface area (Å²) in [6.45, 7) is 1.32. The highest BCUT2D eigenvalue weighted by atomic mass is 32.2. The molecule has 0 unspecified atom stereocenters. The lowest BCUT2D eigenvalue weighted by atomic mass is 10.0. The van der Waals surface area contributed by atoms with Gasteiger partial charge in [0.25, 0.3) is 0 Å². The highest BCUT2D eigenvalue weighted by Gasteiger charge is 2.36. The van der Waals surface area contributed by atoms with E-state index in [1.807, 2.05) is 12.5 Å². The van der Waals surface area contributed by atoms with Gasteiger partial charge < -0.3 is 96.3 Å². The number of carboxylic acid groups (broad SMARTS) is 1. The maximum atomic E-state index is 14.4. The summed E-state index contributed by atoms with van der Waals surface area (Å²) in [6.07, 6.45) is 2.67. The fourth-order valence-electron chi connectivity index (χ4n) is 8.01. The number of guanidine groups is 1. The molecule has 0 saturated heterocycles. The smallest absolute Gasteiger partial charge is 0.326 e. The van der Waals surface area contributed by atoms with Crippen molar-refractivity contribution in [3.63, 3.8) is 0 Å². The maximum absolute atomic E-state index is 14.4. The molecule has 0 aliphatic heterocycles. The number of aliphatic carboxylic acids is 1. The third-order valence-electron chi connectivity index (χ3n) is 13.0. The number of hydrogen-bond donors (Lipinski definition) is 18. The molecule has 2 aromatic carbocycles. The lowest BCUT2D eigenvalue weighted by Gasteiger charge is -2.28. The van der Waals surface area contributed by atoms with E-state index in [0.717, 1.165) is 6.92 Å². The van der Waals surface area contributed by atoms with E-state index in [9.17, 15) is 78.3 Å². The van der Waals surface area contributed by atoms with E-state index in [4.69, 9.17) is 22.9 Å². The molecule has 2 aromatic rings. The number of primary amides is 1. The molecule has 33 heteroatoms. The number of phenols is 2. The van der Waals surface area contributed by atoms with E-state index in [2.05, 4.69) is 52.8 Å². The SMILES string of the molecule is CSCC[C@H](NC(=O)[C@H](CCSC)NC(=O)[C@@H](N)CCSC)C(=O)N[C@@H](CO)C(=O)N[C@@H](C)C(=O)N[C@@H](CCCN=C(N)N)C(=O)N[C@@H](Cc1ccc(O)cc1)C(=O)N[C@H](C(=O)N[C@@H](Cc1ccc(O)cc1)C(=O)N[C@@H](CCC(N)=O)C(=O)O)[C@@H](C)O. The van der Waals surface area contributed by atoms with Crippen LogP contribution in [0.15, 0.2) is 53.5 Å². The van der Waals surface area contributed by atoms with Crippen LogP contribution in [0.4, 0.5) is 0 Å².